The van der Waals surface area contributed by atoms with Crippen LogP contribution in [-0.4, -0.2) is 6.54 Å². The maximum atomic E-state index is 13.9. The molecule has 106 valence electrons. The predicted molar refractivity (Wildman–Crippen MR) is 78.5 cm³/mol. The van der Waals surface area contributed by atoms with E-state index < -0.39 is 0 Å². The van der Waals surface area contributed by atoms with Gasteiger partial charge in [0.2, 0.25) is 0 Å². The van der Waals surface area contributed by atoms with Gasteiger partial charge in [-0.1, -0.05) is 24.6 Å². The Labute approximate surface area is 118 Å². The van der Waals surface area contributed by atoms with Gasteiger partial charge in [0.25, 0.3) is 0 Å². The van der Waals surface area contributed by atoms with Crippen LogP contribution >= 0.6 is 0 Å². The number of rotatable bonds is 5. The zero-order chi connectivity index (χ0) is 14.5. The minimum Gasteiger partial charge on any atom is -0.313 e. The molecule has 0 aliphatic carbocycles. The fourth-order valence-electron chi connectivity index (χ4n) is 2.14. The van der Waals surface area contributed by atoms with E-state index in [1.165, 1.54) is 12.1 Å². The van der Waals surface area contributed by atoms with Crippen LogP contribution in [0.5, 0.6) is 0 Å². The summed E-state index contributed by atoms with van der Waals surface area (Å²) in [5.41, 5.74) is 2.77. The van der Waals surface area contributed by atoms with Crippen molar-refractivity contribution >= 4 is 0 Å². The standard InChI is InChI=1S/C17H19F2N/c1-3-8-20-11-14-10-13(5-7-16(14)18)15-9-12(2)4-6-17(15)19/h4-7,9-10,20H,3,8,11H2,1-2H3. The predicted octanol–water partition coefficient (Wildman–Crippen LogP) is 4.44. The van der Waals surface area contributed by atoms with Gasteiger partial charge in [0.05, 0.1) is 0 Å². The molecule has 0 aliphatic rings. The van der Waals surface area contributed by atoms with Crippen LogP contribution in [0.4, 0.5) is 8.78 Å². The third-order valence-electron chi connectivity index (χ3n) is 3.22. The van der Waals surface area contributed by atoms with Crippen molar-refractivity contribution in [3.05, 3.63) is 59.2 Å². The second-order valence-electron chi connectivity index (χ2n) is 4.97. The number of nitrogens with one attached hydrogen (secondary N) is 1. The molecule has 0 fully saturated rings. The normalized spacial score (nSPS) is 10.8. The van der Waals surface area contributed by atoms with Crippen LogP contribution in [0.1, 0.15) is 24.5 Å². The van der Waals surface area contributed by atoms with Crippen molar-refractivity contribution in [2.24, 2.45) is 0 Å². The van der Waals surface area contributed by atoms with E-state index in [-0.39, 0.29) is 11.6 Å². The molecule has 0 spiro atoms. The highest BCUT2D eigenvalue weighted by molar-refractivity contribution is 5.65. The van der Waals surface area contributed by atoms with Gasteiger partial charge in [0, 0.05) is 17.7 Å². The smallest absolute Gasteiger partial charge is 0.131 e. The lowest BCUT2D eigenvalue weighted by Gasteiger charge is -2.09. The molecule has 0 aliphatic heterocycles. The summed E-state index contributed by atoms with van der Waals surface area (Å²) in [6.45, 7) is 5.27. The average Bonchev–Trinajstić information content (AvgIpc) is 2.44. The molecule has 0 radical (unpaired) electrons. The zero-order valence-corrected chi connectivity index (χ0v) is 11.8. The maximum Gasteiger partial charge on any atom is 0.131 e. The summed E-state index contributed by atoms with van der Waals surface area (Å²) in [4.78, 5) is 0. The number of aryl methyl sites for hydroxylation is 1. The van der Waals surface area contributed by atoms with Gasteiger partial charge in [-0.15, -0.1) is 0 Å². The van der Waals surface area contributed by atoms with Crippen molar-refractivity contribution < 1.29 is 8.78 Å². The van der Waals surface area contributed by atoms with E-state index in [1.807, 2.05) is 6.92 Å². The largest absolute Gasteiger partial charge is 0.313 e. The van der Waals surface area contributed by atoms with E-state index in [0.29, 0.717) is 23.2 Å². The number of benzene rings is 2. The van der Waals surface area contributed by atoms with Crippen LogP contribution in [0.15, 0.2) is 36.4 Å². The van der Waals surface area contributed by atoms with Crippen LogP contribution in [0.25, 0.3) is 11.1 Å². The van der Waals surface area contributed by atoms with Gasteiger partial charge < -0.3 is 5.32 Å². The average molecular weight is 275 g/mol. The molecule has 1 N–H and O–H groups in total. The SMILES string of the molecule is CCCNCc1cc(-c2cc(C)ccc2F)ccc1F. The Morgan fingerprint density at radius 2 is 1.75 bits per heavy atom. The van der Waals surface area contributed by atoms with Crippen LogP contribution in [0, 0.1) is 18.6 Å². The Bertz CT molecular complexity index is 594. The third-order valence-corrected chi connectivity index (χ3v) is 3.22. The van der Waals surface area contributed by atoms with Crippen LogP contribution < -0.4 is 5.32 Å². The summed E-state index contributed by atoms with van der Waals surface area (Å²) in [5, 5.41) is 3.16. The molecule has 0 saturated carbocycles. The first kappa shape index (κ1) is 14.7. The molecule has 2 rings (SSSR count). The number of hydrogen-bond donors (Lipinski definition) is 1. The molecule has 2 aromatic rings. The van der Waals surface area contributed by atoms with Crippen molar-refractivity contribution in [1.82, 2.24) is 5.32 Å². The van der Waals surface area contributed by atoms with Crippen LogP contribution in [-0.2, 0) is 6.54 Å². The molecule has 3 heteroatoms. The number of halogens is 2. The quantitative estimate of drug-likeness (QED) is 0.795. The molecule has 0 atom stereocenters. The van der Waals surface area contributed by atoms with E-state index >= 15 is 0 Å². The Kier molecular flexibility index (Phi) is 4.85. The van der Waals surface area contributed by atoms with Gasteiger partial charge in [-0.25, -0.2) is 8.78 Å². The molecule has 0 heterocycles. The molecule has 0 amide bonds. The van der Waals surface area contributed by atoms with E-state index in [4.69, 9.17) is 0 Å². The molecular formula is C17H19F2N. The Morgan fingerprint density at radius 1 is 1.00 bits per heavy atom. The molecule has 0 saturated heterocycles. The lowest BCUT2D eigenvalue weighted by Crippen LogP contribution is -2.14. The fraction of sp³-hybridized carbons (Fsp3) is 0.294. The van der Waals surface area contributed by atoms with Gasteiger partial charge in [0.1, 0.15) is 11.6 Å². The van der Waals surface area contributed by atoms with E-state index in [0.717, 1.165) is 18.5 Å². The van der Waals surface area contributed by atoms with E-state index in [9.17, 15) is 8.78 Å². The first-order valence-corrected chi connectivity index (χ1v) is 6.87. The minimum absolute atomic E-state index is 0.259. The van der Waals surface area contributed by atoms with E-state index in [2.05, 4.69) is 12.2 Å². The highest BCUT2D eigenvalue weighted by Gasteiger charge is 2.09. The summed E-state index contributed by atoms with van der Waals surface area (Å²) in [5.74, 6) is -0.542. The first-order valence-electron chi connectivity index (χ1n) is 6.87. The van der Waals surface area contributed by atoms with Gasteiger partial charge >= 0.3 is 0 Å². The molecule has 2 aromatic carbocycles. The Balaban J connectivity index is 2.33. The summed E-state index contributed by atoms with van der Waals surface area (Å²) >= 11 is 0. The van der Waals surface area contributed by atoms with Crippen molar-refractivity contribution in [2.45, 2.75) is 26.8 Å². The summed E-state index contributed by atoms with van der Waals surface area (Å²) in [6, 6.07) is 9.70. The maximum absolute atomic E-state index is 13.9. The molecule has 1 nitrogen and oxygen atoms in total. The van der Waals surface area contributed by atoms with Gasteiger partial charge in [-0.05, 0) is 49.7 Å². The monoisotopic (exact) mass is 275 g/mol. The molecule has 20 heavy (non-hydrogen) atoms. The van der Waals surface area contributed by atoms with Gasteiger partial charge in [-0.3, -0.25) is 0 Å². The van der Waals surface area contributed by atoms with Crippen LogP contribution in [0.2, 0.25) is 0 Å². The van der Waals surface area contributed by atoms with Crippen molar-refractivity contribution in [3.8, 4) is 11.1 Å². The second kappa shape index (κ2) is 6.62. The molecular weight excluding hydrogens is 256 g/mol. The molecule has 0 bridgehead atoms. The lowest BCUT2D eigenvalue weighted by atomic mass is 10.0. The zero-order valence-electron chi connectivity index (χ0n) is 11.8. The topological polar surface area (TPSA) is 12.0 Å². The van der Waals surface area contributed by atoms with Crippen molar-refractivity contribution in [2.75, 3.05) is 6.54 Å². The van der Waals surface area contributed by atoms with Crippen LogP contribution in [0.3, 0.4) is 0 Å². The lowest BCUT2D eigenvalue weighted by molar-refractivity contribution is 0.586. The number of hydrogen-bond acceptors (Lipinski definition) is 1. The van der Waals surface area contributed by atoms with Crippen molar-refractivity contribution in [3.63, 3.8) is 0 Å². The highest BCUT2D eigenvalue weighted by Crippen LogP contribution is 2.26. The molecule has 0 aromatic heterocycles. The highest BCUT2D eigenvalue weighted by atomic mass is 19.1. The summed E-state index contributed by atoms with van der Waals surface area (Å²) in [6.07, 6.45) is 0.994. The second-order valence-corrected chi connectivity index (χ2v) is 4.97. The van der Waals surface area contributed by atoms with Gasteiger partial charge in [-0.2, -0.15) is 0 Å². The Morgan fingerprint density at radius 3 is 2.50 bits per heavy atom. The molecule has 0 unspecified atom stereocenters. The summed E-state index contributed by atoms with van der Waals surface area (Å²) < 4.78 is 27.6. The first-order chi connectivity index (χ1) is 9.61. The fourth-order valence-corrected chi connectivity index (χ4v) is 2.14. The van der Waals surface area contributed by atoms with Crippen molar-refractivity contribution in [1.29, 1.82) is 0 Å². The minimum atomic E-state index is -0.283. The van der Waals surface area contributed by atoms with E-state index in [1.54, 1.807) is 24.3 Å². The Hall–Kier alpha value is -1.74. The third kappa shape index (κ3) is 3.42. The summed E-state index contributed by atoms with van der Waals surface area (Å²) in [7, 11) is 0. The van der Waals surface area contributed by atoms with Gasteiger partial charge in [0.15, 0.2) is 0 Å².